The van der Waals surface area contributed by atoms with E-state index in [4.69, 9.17) is 5.41 Å². The van der Waals surface area contributed by atoms with Crippen LogP contribution in [0.25, 0.3) is 10.9 Å². The van der Waals surface area contributed by atoms with E-state index in [1.807, 2.05) is 18.2 Å². The SMILES string of the molecule is CC1(C)c2cc(C=O)ccc2C(=O)c2c1[nH]c1cc(C=N)ccc21. The zero-order chi connectivity index (χ0) is 17.1. The number of rotatable bonds is 2. The van der Waals surface area contributed by atoms with Gasteiger partial charge in [0.1, 0.15) is 6.29 Å². The van der Waals surface area contributed by atoms with E-state index in [9.17, 15) is 9.59 Å². The smallest absolute Gasteiger partial charge is 0.195 e. The molecule has 118 valence electrons. The van der Waals surface area contributed by atoms with Crippen molar-refractivity contribution in [3.63, 3.8) is 0 Å². The number of aromatic amines is 1. The second kappa shape index (κ2) is 4.74. The zero-order valence-electron chi connectivity index (χ0n) is 13.4. The molecular formula is C20H16N2O2. The molecule has 0 fully saturated rings. The number of hydrogen-bond acceptors (Lipinski definition) is 3. The fourth-order valence-corrected chi connectivity index (χ4v) is 3.63. The average molecular weight is 316 g/mol. The lowest BCUT2D eigenvalue weighted by atomic mass is 9.71. The average Bonchev–Trinajstić information content (AvgIpc) is 2.99. The molecule has 0 unspecified atom stereocenters. The molecule has 0 radical (unpaired) electrons. The number of aldehydes is 1. The van der Waals surface area contributed by atoms with Crippen LogP contribution >= 0.6 is 0 Å². The molecule has 1 heterocycles. The van der Waals surface area contributed by atoms with Crippen LogP contribution in [-0.2, 0) is 5.41 Å². The normalized spacial score (nSPS) is 15.0. The standard InChI is InChI=1S/C20H16N2O2/c1-20(2)15-7-12(10-23)4-5-13(15)18(24)17-14-6-3-11(9-21)8-16(14)22-19(17)20/h3-10,21-22H,1-2H3. The Morgan fingerprint density at radius 2 is 1.83 bits per heavy atom. The largest absolute Gasteiger partial charge is 0.357 e. The zero-order valence-corrected chi connectivity index (χ0v) is 13.4. The van der Waals surface area contributed by atoms with Crippen molar-refractivity contribution in [3.8, 4) is 0 Å². The van der Waals surface area contributed by atoms with Crippen LogP contribution in [0, 0.1) is 5.41 Å². The molecule has 1 aliphatic carbocycles. The van der Waals surface area contributed by atoms with Crippen LogP contribution in [-0.4, -0.2) is 23.3 Å². The van der Waals surface area contributed by atoms with Crippen molar-refractivity contribution in [1.29, 1.82) is 5.41 Å². The van der Waals surface area contributed by atoms with Gasteiger partial charge in [0.2, 0.25) is 0 Å². The molecule has 1 aliphatic rings. The summed E-state index contributed by atoms with van der Waals surface area (Å²) in [5.74, 6) is -0.0226. The van der Waals surface area contributed by atoms with Gasteiger partial charge in [0, 0.05) is 39.4 Å². The highest BCUT2D eigenvalue weighted by molar-refractivity contribution is 6.20. The molecule has 0 aliphatic heterocycles. The molecule has 3 aromatic rings. The fourth-order valence-electron chi connectivity index (χ4n) is 3.63. The summed E-state index contributed by atoms with van der Waals surface area (Å²) in [5.41, 5.74) is 4.86. The van der Waals surface area contributed by atoms with Crippen molar-refractivity contribution in [2.75, 3.05) is 0 Å². The van der Waals surface area contributed by atoms with E-state index in [0.717, 1.165) is 34.0 Å². The van der Waals surface area contributed by atoms with Crippen LogP contribution in [0.4, 0.5) is 0 Å². The predicted octanol–water partition coefficient (Wildman–Crippen LogP) is 3.85. The van der Waals surface area contributed by atoms with Crippen LogP contribution in [0.1, 0.15) is 56.9 Å². The molecule has 0 amide bonds. The monoisotopic (exact) mass is 316 g/mol. The van der Waals surface area contributed by atoms with E-state index in [1.165, 1.54) is 6.21 Å². The van der Waals surface area contributed by atoms with Crippen LogP contribution in [0.15, 0.2) is 36.4 Å². The van der Waals surface area contributed by atoms with Crippen LogP contribution in [0.5, 0.6) is 0 Å². The minimum absolute atomic E-state index is 0.0226. The summed E-state index contributed by atoms with van der Waals surface area (Å²) >= 11 is 0. The lowest BCUT2D eigenvalue weighted by molar-refractivity contribution is 0.103. The highest BCUT2D eigenvalue weighted by Gasteiger charge is 2.39. The van der Waals surface area contributed by atoms with E-state index in [-0.39, 0.29) is 5.78 Å². The summed E-state index contributed by atoms with van der Waals surface area (Å²) in [6.07, 6.45) is 2.09. The first kappa shape index (κ1) is 14.6. The van der Waals surface area contributed by atoms with Gasteiger partial charge in [-0.2, -0.15) is 0 Å². The highest BCUT2D eigenvalue weighted by atomic mass is 16.1. The Balaban J connectivity index is 2.07. The first-order valence-electron chi connectivity index (χ1n) is 7.78. The number of H-pyrrole nitrogens is 1. The van der Waals surface area contributed by atoms with Gasteiger partial charge in [0.25, 0.3) is 0 Å². The van der Waals surface area contributed by atoms with Crippen LogP contribution < -0.4 is 0 Å². The molecular weight excluding hydrogens is 300 g/mol. The van der Waals surface area contributed by atoms with Gasteiger partial charge in [-0.1, -0.05) is 38.1 Å². The molecule has 2 N–H and O–H groups in total. The Labute approximate surface area is 139 Å². The van der Waals surface area contributed by atoms with Gasteiger partial charge >= 0.3 is 0 Å². The van der Waals surface area contributed by atoms with Gasteiger partial charge in [0.15, 0.2) is 5.78 Å². The second-order valence-corrected chi connectivity index (χ2v) is 6.70. The maximum atomic E-state index is 13.1. The van der Waals surface area contributed by atoms with Crippen molar-refractivity contribution < 1.29 is 9.59 Å². The Kier molecular flexibility index (Phi) is 2.88. The molecule has 4 nitrogen and oxygen atoms in total. The minimum Gasteiger partial charge on any atom is -0.357 e. The van der Waals surface area contributed by atoms with Crippen molar-refractivity contribution in [1.82, 2.24) is 4.98 Å². The highest BCUT2D eigenvalue weighted by Crippen LogP contribution is 2.43. The summed E-state index contributed by atoms with van der Waals surface area (Å²) < 4.78 is 0. The summed E-state index contributed by atoms with van der Waals surface area (Å²) in [7, 11) is 0. The predicted molar refractivity (Wildman–Crippen MR) is 93.6 cm³/mol. The Morgan fingerprint density at radius 3 is 2.54 bits per heavy atom. The number of nitrogens with one attached hydrogen (secondary N) is 2. The fraction of sp³-hybridized carbons (Fsp3) is 0.150. The van der Waals surface area contributed by atoms with Crippen LogP contribution in [0.2, 0.25) is 0 Å². The summed E-state index contributed by atoms with van der Waals surface area (Å²) in [4.78, 5) is 27.6. The molecule has 0 spiro atoms. The molecule has 0 bridgehead atoms. The third kappa shape index (κ3) is 1.77. The van der Waals surface area contributed by atoms with Gasteiger partial charge in [0.05, 0.1) is 5.56 Å². The van der Waals surface area contributed by atoms with Crippen molar-refractivity contribution in [2.45, 2.75) is 19.3 Å². The lowest BCUT2D eigenvalue weighted by Gasteiger charge is -2.32. The third-order valence-corrected chi connectivity index (χ3v) is 4.94. The Morgan fingerprint density at radius 1 is 1.08 bits per heavy atom. The molecule has 2 aromatic carbocycles. The van der Waals surface area contributed by atoms with E-state index < -0.39 is 5.41 Å². The molecule has 0 saturated heterocycles. The summed E-state index contributed by atoms with van der Waals surface area (Å²) in [5, 5.41) is 8.28. The van der Waals surface area contributed by atoms with E-state index in [0.29, 0.717) is 16.7 Å². The first-order chi connectivity index (χ1) is 11.5. The number of benzene rings is 2. The minimum atomic E-state index is -0.415. The third-order valence-electron chi connectivity index (χ3n) is 4.94. The Bertz CT molecular complexity index is 1040. The van der Waals surface area contributed by atoms with Gasteiger partial charge < -0.3 is 10.4 Å². The first-order valence-corrected chi connectivity index (χ1v) is 7.78. The molecule has 1 aromatic heterocycles. The molecule has 0 saturated carbocycles. The van der Waals surface area contributed by atoms with Gasteiger partial charge in [-0.05, 0) is 23.3 Å². The maximum Gasteiger partial charge on any atom is 0.195 e. The number of hydrogen-bond donors (Lipinski definition) is 2. The van der Waals surface area contributed by atoms with E-state index in [1.54, 1.807) is 18.2 Å². The number of carbonyl (C=O) groups excluding carboxylic acids is 2. The number of fused-ring (bicyclic) bond motifs is 4. The number of carbonyl (C=O) groups is 2. The number of ketones is 1. The molecule has 4 rings (SSSR count). The number of aromatic nitrogens is 1. The maximum absolute atomic E-state index is 13.1. The van der Waals surface area contributed by atoms with Gasteiger partial charge in [-0.15, -0.1) is 0 Å². The van der Waals surface area contributed by atoms with Crippen molar-refractivity contribution in [2.24, 2.45) is 0 Å². The second-order valence-electron chi connectivity index (χ2n) is 6.70. The van der Waals surface area contributed by atoms with Crippen molar-refractivity contribution in [3.05, 3.63) is 69.9 Å². The van der Waals surface area contributed by atoms with Gasteiger partial charge in [-0.25, -0.2) is 0 Å². The topological polar surface area (TPSA) is 73.8 Å². The van der Waals surface area contributed by atoms with Crippen LogP contribution in [0.3, 0.4) is 0 Å². The Hall–Kier alpha value is -3.01. The summed E-state index contributed by atoms with van der Waals surface area (Å²) in [6, 6.07) is 10.9. The molecule has 24 heavy (non-hydrogen) atoms. The van der Waals surface area contributed by atoms with Gasteiger partial charge in [-0.3, -0.25) is 9.59 Å². The summed E-state index contributed by atoms with van der Waals surface area (Å²) in [6.45, 7) is 4.11. The molecule has 4 heteroatoms. The van der Waals surface area contributed by atoms with E-state index >= 15 is 0 Å². The van der Waals surface area contributed by atoms with Crippen molar-refractivity contribution >= 4 is 29.2 Å². The lowest BCUT2D eigenvalue weighted by Crippen LogP contribution is -2.30. The molecule has 0 atom stereocenters. The quantitative estimate of drug-likeness (QED) is 0.556. The van der Waals surface area contributed by atoms with E-state index in [2.05, 4.69) is 18.8 Å².